The molecule has 2 rings (SSSR count). The Morgan fingerprint density at radius 1 is 1.20 bits per heavy atom. The largest absolute Gasteiger partial charge is 0.264 e. The molecule has 0 fully saturated rings. The summed E-state index contributed by atoms with van der Waals surface area (Å²) in [6, 6.07) is 5.56. The first-order valence-corrected chi connectivity index (χ1v) is 5.08. The smallest absolute Gasteiger partial charge is 0.155 e. The van der Waals surface area contributed by atoms with E-state index in [-0.39, 0.29) is 0 Å². The lowest BCUT2D eigenvalue weighted by atomic mass is 10.1. The lowest BCUT2D eigenvalue weighted by molar-refractivity contribution is 0.992. The van der Waals surface area contributed by atoms with Crippen LogP contribution < -0.4 is 0 Å². The van der Waals surface area contributed by atoms with Gasteiger partial charge in [0.1, 0.15) is 0 Å². The number of halogens is 2. The highest BCUT2D eigenvalue weighted by atomic mass is 35.5. The fourth-order valence-corrected chi connectivity index (χ4v) is 1.56. The molecule has 15 heavy (non-hydrogen) atoms. The minimum atomic E-state index is 0.346. The highest BCUT2D eigenvalue weighted by Crippen LogP contribution is 2.18. The second-order valence-corrected chi connectivity index (χ2v) is 3.77. The minimum absolute atomic E-state index is 0.346. The third-order valence-electron chi connectivity index (χ3n) is 1.91. The molecule has 0 amide bonds. The van der Waals surface area contributed by atoms with E-state index < -0.39 is 0 Å². The summed E-state index contributed by atoms with van der Waals surface area (Å²) in [5, 5.41) is 8.11. The molecule has 0 unspecified atom stereocenters. The molecule has 0 spiro atoms. The second-order valence-electron chi connectivity index (χ2n) is 3.02. The average Bonchev–Trinajstić information content (AvgIpc) is 2.25. The van der Waals surface area contributed by atoms with Gasteiger partial charge in [0.05, 0.1) is 0 Å². The monoisotopic (exact) mass is 239 g/mol. The molecular formula is C10H7Cl2N3. The maximum atomic E-state index is 5.89. The molecule has 0 bridgehead atoms. The van der Waals surface area contributed by atoms with Crippen molar-refractivity contribution in [2.24, 2.45) is 0 Å². The predicted octanol–water partition coefficient (Wildman–Crippen LogP) is 2.77. The standard InChI is InChI=1S/C10H7Cl2N3/c11-9-5-8(10(12)15-14-9)4-7-2-1-3-13-6-7/h1-3,5-6H,4H2. The normalized spacial score (nSPS) is 10.3. The van der Waals surface area contributed by atoms with Crippen LogP contribution in [0.4, 0.5) is 0 Å². The fraction of sp³-hybridized carbons (Fsp3) is 0.100. The molecule has 5 heteroatoms. The van der Waals surface area contributed by atoms with Crippen LogP contribution >= 0.6 is 23.2 Å². The number of aromatic nitrogens is 3. The van der Waals surface area contributed by atoms with Gasteiger partial charge >= 0.3 is 0 Å². The molecule has 0 radical (unpaired) electrons. The average molecular weight is 240 g/mol. The van der Waals surface area contributed by atoms with Crippen LogP contribution in [0.5, 0.6) is 0 Å². The van der Waals surface area contributed by atoms with E-state index >= 15 is 0 Å². The van der Waals surface area contributed by atoms with E-state index in [1.807, 2.05) is 12.1 Å². The predicted molar refractivity (Wildman–Crippen MR) is 59.1 cm³/mol. The van der Waals surface area contributed by atoms with Gasteiger partial charge in [-0.25, -0.2) is 0 Å². The summed E-state index contributed by atoms with van der Waals surface area (Å²) in [5.41, 5.74) is 1.91. The molecule has 0 N–H and O–H groups in total. The third-order valence-corrected chi connectivity index (χ3v) is 2.41. The maximum absolute atomic E-state index is 5.89. The molecule has 2 heterocycles. The van der Waals surface area contributed by atoms with Gasteiger partial charge in [0, 0.05) is 18.8 Å². The van der Waals surface area contributed by atoms with Crippen molar-refractivity contribution in [1.82, 2.24) is 15.2 Å². The van der Waals surface area contributed by atoms with Crippen molar-refractivity contribution in [3.8, 4) is 0 Å². The van der Waals surface area contributed by atoms with Crippen LogP contribution in [0.1, 0.15) is 11.1 Å². The van der Waals surface area contributed by atoms with Gasteiger partial charge in [0.15, 0.2) is 10.3 Å². The van der Waals surface area contributed by atoms with Crippen LogP contribution in [0, 0.1) is 0 Å². The Labute approximate surface area is 97.1 Å². The summed E-state index contributed by atoms with van der Waals surface area (Å²) >= 11 is 11.6. The van der Waals surface area contributed by atoms with Crippen LogP contribution in [0.3, 0.4) is 0 Å². The third kappa shape index (κ3) is 2.64. The van der Waals surface area contributed by atoms with Crippen molar-refractivity contribution in [1.29, 1.82) is 0 Å². The topological polar surface area (TPSA) is 38.7 Å². The van der Waals surface area contributed by atoms with Crippen LogP contribution in [-0.4, -0.2) is 15.2 Å². The van der Waals surface area contributed by atoms with E-state index in [4.69, 9.17) is 23.2 Å². The zero-order valence-electron chi connectivity index (χ0n) is 7.69. The van der Waals surface area contributed by atoms with Crippen LogP contribution in [-0.2, 0) is 6.42 Å². The van der Waals surface area contributed by atoms with Crippen LogP contribution in [0.15, 0.2) is 30.6 Å². The second kappa shape index (κ2) is 4.55. The van der Waals surface area contributed by atoms with Gasteiger partial charge in [-0.3, -0.25) is 4.98 Å². The van der Waals surface area contributed by atoms with E-state index in [1.165, 1.54) is 0 Å². The lowest BCUT2D eigenvalue weighted by Gasteiger charge is -2.02. The zero-order chi connectivity index (χ0) is 10.7. The van der Waals surface area contributed by atoms with Gasteiger partial charge in [-0.05, 0) is 23.3 Å². The van der Waals surface area contributed by atoms with Crippen molar-refractivity contribution in [3.05, 3.63) is 52.0 Å². The molecule has 3 nitrogen and oxygen atoms in total. The molecule has 0 aliphatic heterocycles. The summed E-state index contributed by atoms with van der Waals surface area (Å²) in [7, 11) is 0. The first-order chi connectivity index (χ1) is 7.25. The van der Waals surface area contributed by atoms with E-state index in [0.29, 0.717) is 16.7 Å². The van der Waals surface area contributed by atoms with Gasteiger partial charge in [0.2, 0.25) is 0 Å². The summed E-state index contributed by atoms with van der Waals surface area (Å²) in [4.78, 5) is 4.02. The van der Waals surface area contributed by atoms with Crippen molar-refractivity contribution in [2.75, 3.05) is 0 Å². The summed E-state index contributed by atoms with van der Waals surface area (Å²) in [5.74, 6) is 0. The molecule has 0 saturated carbocycles. The van der Waals surface area contributed by atoms with E-state index in [9.17, 15) is 0 Å². The fourth-order valence-electron chi connectivity index (χ4n) is 1.23. The van der Waals surface area contributed by atoms with Gasteiger partial charge in [-0.15, -0.1) is 10.2 Å². The molecule has 0 aromatic carbocycles. The Hall–Kier alpha value is -1.19. The van der Waals surface area contributed by atoms with Gasteiger partial charge in [0.25, 0.3) is 0 Å². The van der Waals surface area contributed by atoms with Crippen molar-refractivity contribution >= 4 is 23.2 Å². The number of rotatable bonds is 2. The van der Waals surface area contributed by atoms with Crippen molar-refractivity contribution < 1.29 is 0 Å². The lowest BCUT2D eigenvalue weighted by Crippen LogP contribution is -1.94. The molecule has 2 aromatic rings. The molecular weight excluding hydrogens is 233 g/mol. The summed E-state index contributed by atoms with van der Waals surface area (Å²) in [6.07, 6.45) is 4.16. The first-order valence-electron chi connectivity index (χ1n) is 4.32. The van der Waals surface area contributed by atoms with Gasteiger partial charge in [-0.2, -0.15) is 0 Å². The van der Waals surface area contributed by atoms with E-state index in [0.717, 1.165) is 11.1 Å². The first kappa shape index (κ1) is 10.3. The highest BCUT2D eigenvalue weighted by Gasteiger charge is 2.05. The minimum Gasteiger partial charge on any atom is -0.264 e. The SMILES string of the molecule is Clc1cc(Cc2cccnc2)c(Cl)nn1. The molecule has 0 aliphatic carbocycles. The molecule has 0 atom stereocenters. The van der Waals surface area contributed by atoms with Crippen molar-refractivity contribution in [2.45, 2.75) is 6.42 Å². The Morgan fingerprint density at radius 3 is 2.80 bits per heavy atom. The summed E-state index contributed by atoms with van der Waals surface area (Å²) in [6.45, 7) is 0. The Balaban J connectivity index is 2.28. The Kier molecular flexibility index (Phi) is 3.14. The molecule has 0 aliphatic rings. The van der Waals surface area contributed by atoms with Crippen LogP contribution in [0.2, 0.25) is 10.3 Å². The number of hydrogen-bond acceptors (Lipinski definition) is 3. The number of nitrogens with zero attached hydrogens (tertiary/aromatic N) is 3. The van der Waals surface area contributed by atoms with Crippen LogP contribution in [0.25, 0.3) is 0 Å². The van der Waals surface area contributed by atoms with E-state index in [1.54, 1.807) is 18.5 Å². The summed E-state index contributed by atoms with van der Waals surface area (Å²) < 4.78 is 0. The maximum Gasteiger partial charge on any atom is 0.155 e. The quantitative estimate of drug-likeness (QED) is 0.810. The molecule has 0 saturated heterocycles. The molecule has 76 valence electrons. The number of hydrogen-bond donors (Lipinski definition) is 0. The number of pyridine rings is 1. The van der Waals surface area contributed by atoms with E-state index in [2.05, 4.69) is 15.2 Å². The molecule has 2 aromatic heterocycles. The zero-order valence-corrected chi connectivity index (χ0v) is 9.20. The Bertz CT molecular complexity index is 459. The van der Waals surface area contributed by atoms with Crippen molar-refractivity contribution in [3.63, 3.8) is 0 Å². The Morgan fingerprint density at radius 2 is 2.07 bits per heavy atom. The van der Waals surface area contributed by atoms with Gasteiger partial charge in [-0.1, -0.05) is 29.3 Å². The highest BCUT2D eigenvalue weighted by molar-refractivity contribution is 6.31. The van der Waals surface area contributed by atoms with Gasteiger partial charge < -0.3 is 0 Å².